The van der Waals surface area contributed by atoms with Crippen molar-refractivity contribution in [3.63, 3.8) is 0 Å². The molecule has 0 spiro atoms. The Balaban J connectivity index is 1.87. The topological polar surface area (TPSA) is 59.4 Å². The molecule has 0 aliphatic heterocycles. The molecule has 0 amide bonds. The molecule has 22 heavy (non-hydrogen) atoms. The number of hydrogen-bond acceptors (Lipinski definition) is 5. The SMILES string of the molecule is CCCCOC(=O)[C@H]1CC[C@H]([C@](C)(O)c2ncc(Br)s2)CC1. The molecule has 1 saturated carbocycles. The summed E-state index contributed by atoms with van der Waals surface area (Å²) in [5.74, 6) is 0.0701. The van der Waals surface area contributed by atoms with Crippen LogP contribution in [0.1, 0.15) is 57.4 Å². The number of carbonyl (C=O) groups excluding carboxylic acids is 1. The predicted molar refractivity (Wildman–Crippen MR) is 90.7 cm³/mol. The number of esters is 1. The van der Waals surface area contributed by atoms with E-state index in [0.717, 1.165) is 47.3 Å². The van der Waals surface area contributed by atoms with Crippen LogP contribution in [0.25, 0.3) is 0 Å². The van der Waals surface area contributed by atoms with Gasteiger partial charge in [-0.25, -0.2) is 4.98 Å². The summed E-state index contributed by atoms with van der Waals surface area (Å²) in [6, 6.07) is 0. The zero-order chi connectivity index (χ0) is 16.2. The molecule has 6 heteroatoms. The van der Waals surface area contributed by atoms with Crippen LogP contribution in [0.15, 0.2) is 9.98 Å². The Kier molecular flexibility index (Phi) is 6.41. The number of halogens is 1. The number of thiazole rings is 1. The maximum Gasteiger partial charge on any atom is 0.308 e. The summed E-state index contributed by atoms with van der Waals surface area (Å²) in [6.45, 7) is 4.45. The number of rotatable bonds is 6. The van der Waals surface area contributed by atoms with Gasteiger partial charge in [0.1, 0.15) is 10.6 Å². The molecule has 124 valence electrons. The first-order valence-electron chi connectivity index (χ1n) is 7.96. The number of nitrogens with zero attached hydrogens (tertiary/aromatic N) is 1. The van der Waals surface area contributed by atoms with Gasteiger partial charge in [-0.15, -0.1) is 11.3 Å². The third kappa shape index (κ3) is 4.30. The Morgan fingerprint density at radius 1 is 1.50 bits per heavy atom. The van der Waals surface area contributed by atoms with Crippen molar-refractivity contribution in [2.75, 3.05) is 6.61 Å². The van der Waals surface area contributed by atoms with E-state index in [1.807, 2.05) is 6.92 Å². The van der Waals surface area contributed by atoms with Crippen LogP contribution >= 0.6 is 27.3 Å². The molecule has 1 N–H and O–H groups in total. The molecule has 1 atom stereocenters. The second-order valence-electron chi connectivity index (χ2n) is 6.19. The zero-order valence-electron chi connectivity index (χ0n) is 13.2. The molecule has 0 aromatic carbocycles. The van der Waals surface area contributed by atoms with E-state index in [9.17, 15) is 9.90 Å². The molecule has 1 heterocycles. The minimum Gasteiger partial charge on any atom is -0.465 e. The van der Waals surface area contributed by atoms with Gasteiger partial charge < -0.3 is 9.84 Å². The Labute approximate surface area is 144 Å². The summed E-state index contributed by atoms with van der Waals surface area (Å²) in [5.41, 5.74) is -0.923. The summed E-state index contributed by atoms with van der Waals surface area (Å²) in [4.78, 5) is 16.3. The molecule has 0 bridgehead atoms. The van der Waals surface area contributed by atoms with E-state index in [1.165, 1.54) is 11.3 Å². The molecule has 1 fully saturated rings. The number of hydrogen-bond donors (Lipinski definition) is 1. The minimum absolute atomic E-state index is 0.00747. The van der Waals surface area contributed by atoms with Crippen LogP contribution in [0, 0.1) is 11.8 Å². The molecule has 0 saturated heterocycles. The van der Waals surface area contributed by atoms with Crippen molar-refractivity contribution in [1.82, 2.24) is 4.98 Å². The lowest BCUT2D eigenvalue weighted by molar-refractivity contribution is -0.151. The molecule has 1 aliphatic rings. The Hall–Kier alpha value is -0.460. The van der Waals surface area contributed by atoms with E-state index in [2.05, 4.69) is 27.8 Å². The highest BCUT2D eigenvalue weighted by atomic mass is 79.9. The van der Waals surface area contributed by atoms with Crippen LogP contribution in [0.3, 0.4) is 0 Å². The summed E-state index contributed by atoms with van der Waals surface area (Å²) in [7, 11) is 0. The molecule has 2 rings (SSSR count). The maximum atomic E-state index is 12.0. The number of ether oxygens (including phenoxy) is 1. The van der Waals surface area contributed by atoms with E-state index < -0.39 is 5.60 Å². The lowest BCUT2D eigenvalue weighted by atomic mass is 9.74. The highest BCUT2D eigenvalue weighted by Crippen LogP contribution is 2.42. The van der Waals surface area contributed by atoms with Gasteiger partial charge in [0.05, 0.1) is 22.5 Å². The quantitative estimate of drug-likeness (QED) is 0.582. The van der Waals surface area contributed by atoms with E-state index in [4.69, 9.17) is 4.74 Å². The van der Waals surface area contributed by atoms with Gasteiger partial charge in [-0.05, 0) is 60.9 Å². The Morgan fingerprint density at radius 3 is 2.73 bits per heavy atom. The molecule has 4 nitrogen and oxygen atoms in total. The van der Waals surface area contributed by atoms with Crippen LogP contribution < -0.4 is 0 Å². The second-order valence-corrected chi connectivity index (χ2v) is 8.60. The number of carbonyl (C=O) groups is 1. The highest BCUT2D eigenvalue weighted by molar-refractivity contribution is 9.11. The number of aliphatic hydroxyl groups is 1. The normalized spacial score (nSPS) is 24.7. The Bertz CT molecular complexity index is 495. The van der Waals surface area contributed by atoms with Gasteiger partial charge >= 0.3 is 5.97 Å². The fourth-order valence-corrected chi connectivity index (χ4v) is 4.32. The van der Waals surface area contributed by atoms with Gasteiger partial charge in [0, 0.05) is 0 Å². The fourth-order valence-electron chi connectivity index (χ4n) is 2.99. The number of unbranched alkanes of at least 4 members (excludes halogenated alkanes) is 1. The first-order chi connectivity index (χ1) is 10.4. The molecule has 1 aromatic heterocycles. The van der Waals surface area contributed by atoms with Gasteiger partial charge in [0.2, 0.25) is 0 Å². The highest BCUT2D eigenvalue weighted by Gasteiger charge is 2.40. The van der Waals surface area contributed by atoms with Crippen molar-refractivity contribution in [2.45, 2.75) is 58.0 Å². The van der Waals surface area contributed by atoms with Gasteiger partial charge in [0.15, 0.2) is 0 Å². The van der Waals surface area contributed by atoms with Crippen molar-refractivity contribution in [3.05, 3.63) is 15.0 Å². The summed E-state index contributed by atoms with van der Waals surface area (Å²) in [5, 5.41) is 11.6. The maximum absolute atomic E-state index is 12.0. The smallest absolute Gasteiger partial charge is 0.308 e. The van der Waals surface area contributed by atoms with E-state index in [0.29, 0.717) is 6.61 Å². The van der Waals surface area contributed by atoms with Crippen molar-refractivity contribution in [1.29, 1.82) is 0 Å². The van der Waals surface area contributed by atoms with Crippen LogP contribution in [0.5, 0.6) is 0 Å². The molecule has 1 aromatic rings. The predicted octanol–water partition coefficient (Wildman–Crippen LogP) is 4.26. The summed E-state index contributed by atoms with van der Waals surface area (Å²) >= 11 is 4.86. The average molecular weight is 390 g/mol. The Morgan fingerprint density at radius 2 is 2.18 bits per heavy atom. The van der Waals surface area contributed by atoms with Crippen LogP contribution in [0.2, 0.25) is 0 Å². The van der Waals surface area contributed by atoms with Crippen LogP contribution in [0.4, 0.5) is 0 Å². The van der Waals surface area contributed by atoms with Gasteiger partial charge in [0.25, 0.3) is 0 Å². The average Bonchev–Trinajstić information content (AvgIpc) is 2.95. The molecule has 0 radical (unpaired) electrons. The first kappa shape index (κ1) is 17.9. The van der Waals surface area contributed by atoms with Crippen molar-refractivity contribution in [3.8, 4) is 0 Å². The van der Waals surface area contributed by atoms with Gasteiger partial charge in [-0.3, -0.25) is 4.79 Å². The lowest BCUT2D eigenvalue weighted by Crippen LogP contribution is -2.36. The molecule has 0 unspecified atom stereocenters. The van der Waals surface area contributed by atoms with Crippen molar-refractivity contribution < 1.29 is 14.6 Å². The fraction of sp³-hybridized carbons (Fsp3) is 0.750. The standard InChI is InChI=1S/C16H24BrNO3S/c1-3-4-9-21-14(19)11-5-7-12(8-6-11)16(2,20)15-18-10-13(17)22-15/h10-12,20H,3-9H2,1-2H3/t11-,12-,16-/m0/s1. The van der Waals surface area contributed by atoms with E-state index in [1.54, 1.807) is 6.20 Å². The molecular formula is C16H24BrNO3S. The molecule has 1 aliphatic carbocycles. The van der Waals surface area contributed by atoms with Crippen LogP contribution in [-0.4, -0.2) is 22.7 Å². The van der Waals surface area contributed by atoms with Gasteiger partial charge in [-0.1, -0.05) is 13.3 Å². The zero-order valence-corrected chi connectivity index (χ0v) is 15.6. The van der Waals surface area contributed by atoms with Crippen molar-refractivity contribution in [2.24, 2.45) is 11.8 Å². The number of aromatic nitrogens is 1. The summed E-state index contributed by atoms with van der Waals surface area (Å²) in [6.07, 6.45) is 6.93. The van der Waals surface area contributed by atoms with E-state index in [-0.39, 0.29) is 17.8 Å². The monoisotopic (exact) mass is 389 g/mol. The van der Waals surface area contributed by atoms with Gasteiger partial charge in [-0.2, -0.15) is 0 Å². The van der Waals surface area contributed by atoms with E-state index >= 15 is 0 Å². The third-order valence-electron chi connectivity index (χ3n) is 4.51. The molecular weight excluding hydrogens is 366 g/mol. The minimum atomic E-state index is -0.923. The largest absolute Gasteiger partial charge is 0.465 e. The first-order valence-corrected chi connectivity index (χ1v) is 9.57. The van der Waals surface area contributed by atoms with Crippen molar-refractivity contribution >= 4 is 33.2 Å². The second kappa shape index (κ2) is 7.88. The third-order valence-corrected chi connectivity index (χ3v) is 6.21. The summed E-state index contributed by atoms with van der Waals surface area (Å²) < 4.78 is 6.24. The lowest BCUT2D eigenvalue weighted by Gasteiger charge is -2.36. The van der Waals surface area contributed by atoms with Crippen LogP contribution in [-0.2, 0) is 15.1 Å².